The van der Waals surface area contributed by atoms with Gasteiger partial charge in [-0.05, 0) is 38.0 Å². The third kappa shape index (κ3) is 2.06. The molecule has 0 aromatic carbocycles. The van der Waals surface area contributed by atoms with Crippen LogP contribution in [-0.2, 0) is 14.3 Å². The van der Waals surface area contributed by atoms with Gasteiger partial charge in [0, 0.05) is 12.8 Å². The van der Waals surface area contributed by atoms with Gasteiger partial charge in [0.15, 0.2) is 0 Å². The highest BCUT2D eigenvalue weighted by Crippen LogP contribution is 2.48. The number of Topliss-reactive ketones (excluding diaryl/α,β-unsaturated/α-hetero) is 1. The molecule has 2 fully saturated rings. The van der Waals surface area contributed by atoms with Crippen LogP contribution in [0.5, 0.6) is 0 Å². The molecule has 5 radical (unpaired) electrons. The van der Waals surface area contributed by atoms with Crippen LogP contribution in [0, 0.1) is 37.0 Å². The van der Waals surface area contributed by atoms with Crippen LogP contribution in [-0.4, -0.2) is 18.4 Å². The Kier molecular flexibility index (Phi) is 3.08. The number of carbonyl (C=O) groups is 2. The van der Waals surface area contributed by atoms with Gasteiger partial charge < -0.3 is 4.74 Å². The molecule has 0 spiro atoms. The van der Waals surface area contributed by atoms with Crippen molar-refractivity contribution in [3.05, 3.63) is 31.1 Å². The molecule has 0 aliphatic heterocycles. The fraction of sp³-hybridized carbons (Fsp3) is 0.417. The maximum absolute atomic E-state index is 11.5. The summed E-state index contributed by atoms with van der Waals surface area (Å²) in [5, 5.41) is 0. The minimum absolute atomic E-state index is 0.0292. The van der Waals surface area contributed by atoms with Crippen LogP contribution in [0.15, 0.2) is 0 Å². The molecule has 0 aromatic heterocycles. The van der Waals surface area contributed by atoms with Crippen LogP contribution in [0.4, 0.5) is 0 Å². The predicted octanol–water partition coefficient (Wildman–Crippen LogP) is 1.30. The summed E-state index contributed by atoms with van der Waals surface area (Å²) in [5.74, 6) is 1.74. The molecule has 3 heteroatoms. The minimum Gasteiger partial charge on any atom is -0.466 e. The summed E-state index contributed by atoms with van der Waals surface area (Å²) in [4.78, 5) is 22.8. The first-order chi connectivity index (χ1) is 7.22. The Balaban J connectivity index is 1.93. The van der Waals surface area contributed by atoms with Crippen molar-refractivity contribution in [1.82, 2.24) is 0 Å². The van der Waals surface area contributed by atoms with E-state index in [0.717, 1.165) is 11.8 Å². The molecule has 2 rings (SSSR count). The SMILES string of the molecule is CCOC(=O)C[C@H]1CC(=O)[C]2[CH][CH][CH][C]21. The van der Waals surface area contributed by atoms with Crippen LogP contribution < -0.4 is 0 Å². The molecule has 2 aliphatic carbocycles. The number of hydrogen-bond donors (Lipinski definition) is 0. The Morgan fingerprint density at radius 1 is 1.53 bits per heavy atom. The molecule has 2 aliphatic rings. The first-order valence-electron chi connectivity index (χ1n) is 5.16. The Labute approximate surface area is 90.2 Å². The van der Waals surface area contributed by atoms with Crippen molar-refractivity contribution in [1.29, 1.82) is 0 Å². The summed E-state index contributed by atoms with van der Waals surface area (Å²) in [6.45, 7) is 2.18. The molecule has 0 saturated heterocycles. The third-order valence-corrected chi connectivity index (χ3v) is 2.74. The quantitative estimate of drug-likeness (QED) is 0.652. The summed E-state index contributed by atoms with van der Waals surface area (Å²) in [6.07, 6.45) is 6.37. The van der Waals surface area contributed by atoms with E-state index in [2.05, 4.69) is 0 Å². The highest BCUT2D eigenvalue weighted by Gasteiger charge is 2.46. The number of carbonyl (C=O) groups excluding carboxylic acids is 2. The Hall–Kier alpha value is -0.860. The maximum Gasteiger partial charge on any atom is 0.306 e. The lowest BCUT2D eigenvalue weighted by Gasteiger charge is -2.14. The van der Waals surface area contributed by atoms with Gasteiger partial charge >= 0.3 is 5.97 Å². The van der Waals surface area contributed by atoms with E-state index in [-0.39, 0.29) is 17.7 Å². The zero-order valence-corrected chi connectivity index (χ0v) is 8.66. The number of ether oxygens (including phenoxy) is 1. The molecule has 0 bridgehead atoms. The summed E-state index contributed by atoms with van der Waals surface area (Å²) >= 11 is 0. The van der Waals surface area contributed by atoms with Gasteiger partial charge in [0.1, 0.15) is 5.78 Å². The number of fused-ring (bicyclic) bond motifs is 1. The van der Waals surface area contributed by atoms with E-state index in [1.165, 1.54) is 0 Å². The zero-order chi connectivity index (χ0) is 10.8. The fourth-order valence-corrected chi connectivity index (χ4v) is 2.09. The molecular formula is C12H13O3. The van der Waals surface area contributed by atoms with E-state index in [0.29, 0.717) is 19.4 Å². The van der Waals surface area contributed by atoms with E-state index < -0.39 is 0 Å². The molecule has 1 atom stereocenters. The lowest BCUT2D eigenvalue weighted by atomic mass is 9.90. The van der Waals surface area contributed by atoms with Crippen LogP contribution in [0.3, 0.4) is 0 Å². The van der Waals surface area contributed by atoms with E-state index >= 15 is 0 Å². The monoisotopic (exact) mass is 205 g/mol. The average molecular weight is 205 g/mol. The summed E-state index contributed by atoms with van der Waals surface area (Å²) in [5.41, 5.74) is 0. The van der Waals surface area contributed by atoms with Crippen LogP contribution in [0.1, 0.15) is 19.8 Å². The second-order valence-electron chi connectivity index (χ2n) is 3.73. The molecular weight excluding hydrogens is 192 g/mol. The van der Waals surface area contributed by atoms with Gasteiger partial charge in [-0.1, -0.05) is 0 Å². The van der Waals surface area contributed by atoms with Gasteiger partial charge in [-0.15, -0.1) is 0 Å². The van der Waals surface area contributed by atoms with Gasteiger partial charge in [-0.2, -0.15) is 0 Å². The van der Waals surface area contributed by atoms with E-state index in [4.69, 9.17) is 4.74 Å². The molecule has 0 unspecified atom stereocenters. The van der Waals surface area contributed by atoms with Gasteiger partial charge in [-0.25, -0.2) is 0 Å². The van der Waals surface area contributed by atoms with Crippen molar-refractivity contribution in [2.75, 3.05) is 6.61 Å². The van der Waals surface area contributed by atoms with E-state index in [1.807, 2.05) is 19.3 Å². The number of esters is 1. The van der Waals surface area contributed by atoms with Crippen molar-refractivity contribution in [3.63, 3.8) is 0 Å². The predicted molar refractivity (Wildman–Crippen MR) is 53.8 cm³/mol. The number of rotatable bonds is 3. The summed E-state index contributed by atoms with van der Waals surface area (Å²) in [6, 6.07) is 0. The zero-order valence-electron chi connectivity index (χ0n) is 8.66. The topological polar surface area (TPSA) is 43.4 Å². The lowest BCUT2D eigenvalue weighted by molar-refractivity contribution is -0.144. The Morgan fingerprint density at radius 2 is 2.33 bits per heavy atom. The van der Waals surface area contributed by atoms with Crippen LogP contribution >= 0.6 is 0 Å². The molecule has 3 nitrogen and oxygen atoms in total. The largest absolute Gasteiger partial charge is 0.466 e. The lowest BCUT2D eigenvalue weighted by Crippen LogP contribution is -2.14. The second-order valence-corrected chi connectivity index (χ2v) is 3.73. The Bertz CT molecular complexity index is 272. The summed E-state index contributed by atoms with van der Waals surface area (Å²) in [7, 11) is 0. The normalized spacial score (nSPS) is 27.0. The van der Waals surface area contributed by atoms with Crippen molar-refractivity contribution in [2.24, 2.45) is 5.92 Å². The molecule has 0 heterocycles. The van der Waals surface area contributed by atoms with E-state index in [9.17, 15) is 9.59 Å². The number of ketones is 1. The molecule has 79 valence electrons. The summed E-state index contributed by atoms with van der Waals surface area (Å²) < 4.78 is 4.88. The van der Waals surface area contributed by atoms with Gasteiger partial charge in [0.25, 0.3) is 0 Å². The highest BCUT2D eigenvalue weighted by atomic mass is 16.5. The van der Waals surface area contributed by atoms with Crippen molar-refractivity contribution >= 4 is 11.8 Å². The van der Waals surface area contributed by atoms with Crippen LogP contribution in [0.25, 0.3) is 0 Å². The van der Waals surface area contributed by atoms with Gasteiger partial charge in [0.2, 0.25) is 0 Å². The smallest absolute Gasteiger partial charge is 0.306 e. The second kappa shape index (κ2) is 4.33. The standard InChI is InChI=1S/C12H13O3/c1-2-15-12(14)7-8-6-11(13)10-5-3-4-9(8)10/h3-5,8H,2,6-7H2,1H3/t8-/m1/s1. The average Bonchev–Trinajstić information content (AvgIpc) is 2.73. The minimum atomic E-state index is -0.218. The highest BCUT2D eigenvalue weighted by molar-refractivity contribution is 6.03. The van der Waals surface area contributed by atoms with Crippen LogP contribution in [0.2, 0.25) is 0 Å². The Morgan fingerprint density at radius 3 is 3.07 bits per heavy atom. The van der Waals surface area contributed by atoms with Crippen molar-refractivity contribution < 1.29 is 14.3 Å². The van der Waals surface area contributed by atoms with Gasteiger partial charge in [-0.3, -0.25) is 9.59 Å². The number of hydrogen-bond acceptors (Lipinski definition) is 3. The van der Waals surface area contributed by atoms with E-state index in [1.54, 1.807) is 6.92 Å². The molecule has 0 N–H and O–H groups in total. The molecule has 2 saturated carbocycles. The van der Waals surface area contributed by atoms with Crippen molar-refractivity contribution in [3.8, 4) is 0 Å². The fourth-order valence-electron chi connectivity index (χ4n) is 2.09. The van der Waals surface area contributed by atoms with Gasteiger partial charge in [0.05, 0.1) is 12.5 Å². The first kappa shape index (κ1) is 10.7. The third-order valence-electron chi connectivity index (χ3n) is 2.74. The van der Waals surface area contributed by atoms with Crippen molar-refractivity contribution in [2.45, 2.75) is 19.8 Å². The molecule has 0 amide bonds. The molecule has 0 aromatic rings. The first-order valence-corrected chi connectivity index (χ1v) is 5.16. The molecule has 15 heavy (non-hydrogen) atoms. The maximum atomic E-state index is 11.5.